The first kappa shape index (κ1) is 25.2. The van der Waals surface area contributed by atoms with Gasteiger partial charge in [0.1, 0.15) is 5.69 Å². The van der Waals surface area contributed by atoms with Gasteiger partial charge in [-0.2, -0.15) is 5.10 Å². The zero-order valence-corrected chi connectivity index (χ0v) is 20.0. The van der Waals surface area contributed by atoms with Crippen LogP contribution in [0.1, 0.15) is 68.9 Å². The summed E-state index contributed by atoms with van der Waals surface area (Å²) in [6.07, 6.45) is 3.50. The van der Waals surface area contributed by atoms with Crippen LogP contribution in [0.3, 0.4) is 0 Å². The van der Waals surface area contributed by atoms with Crippen molar-refractivity contribution < 1.29 is 19.8 Å². The van der Waals surface area contributed by atoms with Gasteiger partial charge in [0.05, 0.1) is 24.3 Å². The molecule has 0 saturated carbocycles. The zero-order valence-electron chi connectivity index (χ0n) is 19.2. The molecule has 2 aromatic rings. The fourth-order valence-corrected chi connectivity index (χ4v) is 4.31. The lowest BCUT2D eigenvalue weighted by atomic mass is 10.0. The molecule has 0 bridgehead atoms. The molecule has 3 N–H and O–H groups in total. The Morgan fingerprint density at radius 3 is 2.58 bits per heavy atom. The van der Waals surface area contributed by atoms with Crippen molar-refractivity contribution in [3.05, 3.63) is 41.0 Å². The lowest BCUT2D eigenvalue weighted by molar-refractivity contribution is -0.128. The number of aliphatic hydroxyl groups excluding tert-OH is 1. The number of amides is 2. The number of fused-ring (bicyclic) bond motifs is 1. The Kier molecular flexibility index (Phi) is 8.88. The van der Waals surface area contributed by atoms with Crippen molar-refractivity contribution >= 4 is 23.4 Å². The first-order valence-corrected chi connectivity index (χ1v) is 12.0. The Morgan fingerprint density at radius 1 is 1.21 bits per heavy atom. The lowest BCUT2D eigenvalue weighted by Crippen LogP contribution is -2.51. The van der Waals surface area contributed by atoms with Gasteiger partial charge in [0, 0.05) is 17.1 Å². The van der Waals surface area contributed by atoms with E-state index in [0.717, 1.165) is 31.2 Å². The molecule has 0 spiro atoms. The van der Waals surface area contributed by atoms with Crippen molar-refractivity contribution in [2.45, 2.75) is 70.7 Å². The molecule has 0 fully saturated rings. The Bertz CT molecular complexity index is 944. The van der Waals surface area contributed by atoms with Gasteiger partial charge in [-0.25, -0.2) is 0 Å². The standard InChI is InChI=1S/C24H33ClN4O4/c1-3-5-6-8-18-14-28(15-22(30)26-19(7-4-2)24(32)33)23(31)21-13-20(27-29(18)21)16-9-11-17(25)12-10-16/h9-13,18-19,24,32-33H,3-8,14-15H2,1-2H3,(H,26,30). The van der Waals surface area contributed by atoms with Crippen LogP contribution in [0.15, 0.2) is 30.3 Å². The van der Waals surface area contributed by atoms with Crippen molar-refractivity contribution in [2.75, 3.05) is 13.1 Å². The summed E-state index contributed by atoms with van der Waals surface area (Å²) >= 11 is 6.00. The quantitative estimate of drug-likeness (QED) is 0.340. The van der Waals surface area contributed by atoms with Crippen LogP contribution >= 0.6 is 11.6 Å². The van der Waals surface area contributed by atoms with Gasteiger partial charge in [-0.1, -0.05) is 63.3 Å². The number of hydrogen-bond acceptors (Lipinski definition) is 5. The van der Waals surface area contributed by atoms with Gasteiger partial charge < -0.3 is 20.4 Å². The second-order valence-corrected chi connectivity index (χ2v) is 9.01. The predicted octanol–water partition coefficient (Wildman–Crippen LogP) is 3.38. The minimum Gasteiger partial charge on any atom is -0.366 e. The minimum absolute atomic E-state index is 0.0343. The number of unbranched alkanes of at least 4 members (excludes halogenated alkanes) is 2. The smallest absolute Gasteiger partial charge is 0.272 e. The monoisotopic (exact) mass is 476 g/mol. The second kappa shape index (κ2) is 11.6. The number of carbonyl (C=O) groups is 2. The molecule has 1 aromatic heterocycles. The van der Waals surface area contributed by atoms with Crippen molar-refractivity contribution in [1.29, 1.82) is 0 Å². The van der Waals surface area contributed by atoms with E-state index in [1.165, 1.54) is 4.90 Å². The van der Waals surface area contributed by atoms with E-state index >= 15 is 0 Å². The number of benzene rings is 1. The van der Waals surface area contributed by atoms with Gasteiger partial charge in [-0.3, -0.25) is 14.3 Å². The highest BCUT2D eigenvalue weighted by atomic mass is 35.5. The maximum absolute atomic E-state index is 13.2. The van der Waals surface area contributed by atoms with Crippen molar-refractivity contribution in [2.24, 2.45) is 0 Å². The third kappa shape index (κ3) is 6.34. The summed E-state index contributed by atoms with van der Waals surface area (Å²) in [5.41, 5.74) is 2.01. The molecule has 2 amide bonds. The molecule has 0 saturated heterocycles. The highest BCUT2D eigenvalue weighted by Gasteiger charge is 2.34. The van der Waals surface area contributed by atoms with Gasteiger partial charge in [-0.15, -0.1) is 0 Å². The van der Waals surface area contributed by atoms with Crippen LogP contribution in [0, 0.1) is 0 Å². The highest BCUT2D eigenvalue weighted by Crippen LogP contribution is 2.29. The summed E-state index contributed by atoms with van der Waals surface area (Å²) in [5, 5.41) is 27.0. The molecular weight excluding hydrogens is 444 g/mol. The van der Waals surface area contributed by atoms with Gasteiger partial charge in [0.2, 0.25) is 5.91 Å². The molecule has 2 unspecified atom stereocenters. The summed E-state index contributed by atoms with van der Waals surface area (Å²) in [7, 11) is 0. The van der Waals surface area contributed by atoms with Gasteiger partial charge in [0.25, 0.3) is 5.91 Å². The molecule has 2 atom stereocenters. The van der Waals surface area contributed by atoms with Crippen LogP contribution in [0.4, 0.5) is 0 Å². The normalized spacial score (nSPS) is 16.7. The average molecular weight is 477 g/mol. The minimum atomic E-state index is -1.64. The molecule has 2 heterocycles. The second-order valence-electron chi connectivity index (χ2n) is 8.58. The molecule has 0 aliphatic carbocycles. The molecule has 8 nitrogen and oxygen atoms in total. The molecule has 180 valence electrons. The maximum Gasteiger partial charge on any atom is 0.272 e. The lowest BCUT2D eigenvalue weighted by Gasteiger charge is -2.33. The number of rotatable bonds is 11. The molecule has 1 aliphatic rings. The Hall–Kier alpha value is -2.42. The summed E-state index contributed by atoms with van der Waals surface area (Å²) in [4.78, 5) is 27.4. The van der Waals surface area contributed by atoms with Gasteiger partial charge in [0.15, 0.2) is 6.29 Å². The van der Waals surface area contributed by atoms with E-state index in [9.17, 15) is 19.8 Å². The predicted molar refractivity (Wildman–Crippen MR) is 127 cm³/mol. The first-order valence-electron chi connectivity index (χ1n) is 11.6. The van der Waals surface area contributed by atoms with Crippen molar-refractivity contribution in [3.8, 4) is 11.3 Å². The van der Waals surface area contributed by atoms with Gasteiger partial charge >= 0.3 is 0 Å². The fraction of sp³-hybridized carbons (Fsp3) is 0.542. The van der Waals surface area contributed by atoms with E-state index in [4.69, 9.17) is 16.7 Å². The van der Waals surface area contributed by atoms with E-state index < -0.39 is 18.2 Å². The van der Waals surface area contributed by atoms with E-state index in [-0.39, 0.29) is 18.5 Å². The number of aromatic nitrogens is 2. The number of aliphatic hydroxyl groups is 2. The molecular formula is C24H33ClN4O4. The number of nitrogens with zero attached hydrogens (tertiary/aromatic N) is 3. The van der Waals surface area contributed by atoms with Crippen LogP contribution in [-0.2, 0) is 4.79 Å². The Labute approximate surface area is 199 Å². The molecule has 3 rings (SSSR count). The van der Waals surface area contributed by atoms with Crippen LogP contribution in [0.2, 0.25) is 5.02 Å². The first-order chi connectivity index (χ1) is 15.8. The summed E-state index contributed by atoms with van der Waals surface area (Å²) in [5.74, 6) is -0.672. The summed E-state index contributed by atoms with van der Waals surface area (Å²) in [6, 6.07) is 8.28. The van der Waals surface area contributed by atoms with Crippen LogP contribution in [-0.4, -0.2) is 62.1 Å². The fourth-order valence-electron chi connectivity index (χ4n) is 4.18. The maximum atomic E-state index is 13.2. The Morgan fingerprint density at radius 2 is 1.94 bits per heavy atom. The van der Waals surface area contributed by atoms with Crippen LogP contribution in [0.25, 0.3) is 11.3 Å². The van der Waals surface area contributed by atoms with Crippen molar-refractivity contribution in [1.82, 2.24) is 20.0 Å². The number of hydrogen-bond donors (Lipinski definition) is 3. The van der Waals surface area contributed by atoms with E-state index in [1.54, 1.807) is 22.9 Å². The molecule has 9 heteroatoms. The molecule has 1 aliphatic heterocycles. The number of halogens is 1. The van der Waals surface area contributed by atoms with Crippen LogP contribution < -0.4 is 5.32 Å². The third-order valence-corrected chi connectivity index (χ3v) is 6.19. The Balaban J connectivity index is 1.82. The van der Waals surface area contributed by atoms with E-state index in [0.29, 0.717) is 35.8 Å². The molecule has 0 radical (unpaired) electrons. The van der Waals surface area contributed by atoms with Gasteiger partial charge in [-0.05, 0) is 31.0 Å². The largest absolute Gasteiger partial charge is 0.366 e. The van der Waals surface area contributed by atoms with Crippen molar-refractivity contribution in [3.63, 3.8) is 0 Å². The molecule has 1 aromatic carbocycles. The number of carbonyl (C=O) groups excluding carboxylic acids is 2. The average Bonchev–Trinajstić information content (AvgIpc) is 3.23. The SMILES string of the molecule is CCCCCC1CN(CC(=O)NC(CCC)C(O)O)C(=O)c2cc(-c3ccc(Cl)cc3)nn21. The van der Waals surface area contributed by atoms with E-state index in [2.05, 4.69) is 12.2 Å². The van der Waals surface area contributed by atoms with Crippen LogP contribution in [0.5, 0.6) is 0 Å². The zero-order chi connectivity index (χ0) is 24.0. The number of nitrogens with one attached hydrogen (secondary N) is 1. The third-order valence-electron chi connectivity index (χ3n) is 5.94. The topological polar surface area (TPSA) is 108 Å². The summed E-state index contributed by atoms with van der Waals surface area (Å²) in [6.45, 7) is 4.28. The van der Waals surface area contributed by atoms with E-state index in [1.807, 2.05) is 19.1 Å². The molecule has 33 heavy (non-hydrogen) atoms. The highest BCUT2D eigenvalue weighted by molar-refractivity contribution is 6.30. The summed E-state index contributed by atoms with van der Waals surface area (Å²) < 4.78 is 1.80.